The van der Waals surface area contributed by atoms with Crippen molar-refractivity contribution in [2.45, 2.75) is 19.8 Å². The number of carbonyl (C=O) groups is 2. The second-order valence-electron chi connectivity index (χ2n) is 3.17. The summed E-state index contributed by atoms with van der Waals surface area (Å²) in [6.45, 7) is 1.85. The molecule has 1 aromatic carbocycles. The Labute approximate surface area is 101 Å². The number of esters is 1. The highest BCUT2D eigenvalue weighted by Crippen LogP contribution is 2.23. The molecular weight excluding hydrogens is 276 g/mol. The third-order valence-corrected chi connectivity index (χ3v) is 2.34. The van der Waals surface area contributed by atoms with Gasteiger partial charge in [-0.05, 0) is 24.6 Å². The van der Waals surface area contributed by atoms with Gasteiger partial charge in [0.05, 0.1) is 0 Å². The van der Waals surface area contributed by atoms with Crippen LogP contribution in [0.3, 0.4) is 0 Å². The first-order valence-electron chi connectivity index (χ1n) is 4.78. The average molecular weight is 287 g/mol. The van der Waals surface area contributed by atoms with E-state index in [1.165, 1.54) is 12.1 Å². The predicted octanol–water partition coefficient (Wildman–Crippen LogP) is 2.85. The maximum atomic E-state index is 11.2. The van der Waals surface area contributed by atoms with Crippen molar-refractivity contribution in [3.63, 3.8) is 0 Å². The Hall–Kier alpha value is -1.36. The van der Waals surface area contributed by atoms with Crippen LogP contribution in [0, 0.1) is 0 Å². The third kappa shape index (κ3) is 3.34. The lowest BCUT2D eigenvalue weighted by Crippen LogP contribution is -2.10. The molecule has 0 spiro atoms. The number of halogens is 1. The SMILES string of the molecule is CCCC(=O)Oc1ccc(Br)cc1C(=O)O. The Bertz CT molecular complexity index is 414. The predicted molar refractivity (Wildman–Crippen MR) is 61.6 cm³/mol. The van der Waals surface area contributed by atoms with E-state index in [1.807, 2.05) is 6.92 Å². The van der Waals surface area contributed by atoms with E-state index in [4.69, 9.17) is 9.84 Å². The lowest BCUT2D eigenvalue weighted by molar-refractivity contribution is -0.134. The van der Waals surface area contributed by atoms with Crippen LogP contribution in [0.1, 0.15) is 30.1 Å². The van der Waals surface area contributed by atoms with Gasteiger partial charge < -0.3 is 9.84 Å². The molecule has 16 heavy (non-hydrogen) atoms. The van der Waals surface area contributed by atoms with Crippen molar-refractivity contribution in [3.05, 3.63) is 28.2 Å². The lowest BCUT2D eigenvalue weighted by atomic mass is 10.2. The molecule has 0 saturated heterocycles. The van der Waals surface area contributed by atoms with Crippen molar-refractivity contribution in [1.82, 2.24) is 0 Å². The smallest absolute Gasteiger partial charge is 0.339 e. The summed E-state index contributed by atoms with van der Waals surface area (Å²) in [7, 11) is 0. The van der Waals surface area contributed by atoms with Gasteiger partial charge in [-0.25, -0.2) is 4.79 Å². The van der Waals surface area contributed by atoms with Crippen molar-refractivity contribution < 1.29 is 19.4 Å². The molecule has 0 saturated carbocycles. The fourth-order valence-corrected chi connectivity index (χ4v) is 1.50. The molecule has 1 N–H and O–H groups in total. The Morgan fingerprint density at radius 2 is 2.12 bits per heavy atom. The Balaban J connectivity index is 2.95. The first-order chi connectivity index (χ1) is 7.54. The van der Waals surface area contributed by atoms with Crippen LogP contribution >= 0.6 is 15.9 Å². The van der Waals surface area contributed by atoms with E-state index in [-0.39, 0.29) is 17.7 Å². The zero-order valence-electron chi connectivity index (χ0n) is 8.70. The molecule has 0 amide bonds. The van der Waals surface area contributed by atoms with E-state index < -0.39 is 11.9 Å². The first kappa shape index (κ1) is 12.7. The van der Waals surface area contributed by atoms with Crippen LogP contribution < -0.4 is 4.74 Å². The highest BCUT2D eigenvalue weighted by molar-refractivity contribution is 9.10. The molecule has 0 unspecified atom stereocenters. The number of rotatable bonds is 4. The number of hydrogen-bond donors (Lipinski definition) is 1. The molecule has 0 radical (unpaired) electrons. The van der Waals surface area contributed by atoms with Crippen LogP contribution in [-0.2, 0) is 4.79 Å². The van der Waals surface area contributed by atoms with E-state index >= 15 is 0 Å². The summed E-state index contributed by atoms with van der Waals surface area (Å²) in [5, 5.41) is 8.92. The standard InChI is InChI=1S/C11H11BrO4/c1-2-3-10(13)16-9-5-4-7(12)6-8(9)11(14)15/h4-6H,2-3H2,1H3,(H,14,15). The van der Waals surface area contributed by atoms with Crippen LogP contribution in [0.4, 0.5) is 0 Å². The van der Waals surface area contributed by atoms with Gasteiger partial charge in [0.25, 0.3) is 0 Å². The van der Waals surface area contributed by atoms with E-state index in [0.717, 1.165) is 0 Å². The van der Waals surface area contributed by atoms with Gasteiger partial charge in [0, 0.05) is 10.9 Å². The van der Waals surface area contributed by atoms with Gasteiger partial charge in [-0.1, -0.05) is 22.9 Å². The number of carboxylic acid groups (broad SMARTS) is 1. The van der Waals surface area contributed by atoms with Gasteiger partial charge in [-0.15, -0.1) is 0 Å². The van der Waals surface area contributed by atoms with Crippen molar-refractivity contribution in [3.8, 4) is 5.75 Å². The minimum Gasteiger partial charge on any atom is -0.478 e. The minimum atomic E-state index is -1.12. The second kappa shape index (κ2) is 5.65. The van der Waals surface area contributed by atoms with Crippen molar-refractivity contribution >= 4 is 27.9 Å². The summed E-state index contributed by atoms with van der Waals surface area (Å²) in [6, 6.07) is 4.49. The van der Waals surface area contributed by atoms with Gasteiger partial charge in [0.1, 0.15) is 11.3 Å². The van der Waals surface area contributed by atoms with Crippen molar-refractivity contribution in [1.29, 1.82) is 0 Å². The molecule has 0 bridgehead atoms. The largest absolute Gasteiger partial charge is 0.478 e. The molecule has 86 valence electrons. The molecule has 1 rings (SSSR count). The lowest BCUT2D eigenvalue weighted by Gasteiger charge is -2.07. The second-order valence-corrected chi connectivity index (χ2v) is 4.09. The fraction of sp³-hybridized carbons (Fsp3) is 0.273. The van der Waals surface area contributed by atoms with Gasteiger partial charge in [-0.3, -0.25) is 4.79 Å². The maximum Gasteiger partial charge on any atom is 0.339 e. The summed E-state index contributed by atoms with van der Waals surface area (Å²) < 4.78 is 5.59. The highest BCUT2D eigenvalue weighted by atomic mass is 79.9. The molecule has 0 aliphatic carbocycles. The van der Waals surface area contributed by atoms with Crippen LogP contribution in [0.5, 0.6) is 5.75 Å². The molecule has 0 aromatic heterocycles. The van der Waals surface area contributed by atoms with Crippen molar-refractivity contribution in [2.24, 2.45) is 0 Å². The average Bonchev–Trinajstić information content (AvgIpc) is 2.20. The van der Waals surface area contributed by atoms with Gasteiger partial charge in [0.15, 0.2) is 0 Å². The number of ether oxygens (including phenoxy) is 1. The van der Waals surface area contributed by atoms with Gasteiger partial charge in [-0.2, -0.15) is 0 Å². The molecule has 0 aliphatic heterocycles. The Morgan fingerprint density at radius 1 is 1.44 bits per heavy atom. The number of benzene rings is 1. The molecule has 0 fully saturated rings. The van der Waals surface area contributed by atoms with Crippen LogP contribution in [-0.4, -0.2) is 17.0 Å². The van der Waals surface area contributed by atoms with Crippen LogP contribution in [0.15, 0.2) is 22.7 Å². The fourth-order valence-electron chi connectivity index (χ4n) is 1.14. The normalized spacial score (nSPS) is 9.88. The maximum absolute atomic E-state index is 11.2. The van der Waals surface area contributed by atoms with Gasteiger partial charge >= 0.3 is 11.9 Å². The van der Waals surface area contributed by atoms with Gasteiger partial charge in [0.2, 0.25) is 0 Å². The molecule has 1 aromatic rings. The summed E-state index contributed by atoms with van der Waals surface area (Å²) in [4.78, 5) is 22.1. The van der Waals surface area contributed by atoms with Crippen LogP contribution in [0.2, 0.25) is 0 Å². The molecule has 4 nitrogen and oxygen atoms in total. The summed E-state index contributed by atoms with van der Waals surface area (Å²) in [6.07, 6.45) is 0.937. The highest BCUT2D eigenvalue weighted by Gasteiger charge is 2.14. The zero-order chi connectivity index (χ0) is 12.1. The van der Waals surface area contributed by atoms with E-state index in [2.05, 4.69) is 15.9 Å². The zero-order valence-corrected chi connectivity index (χ0v) is 10.3. The topological polar surface area (TPSA) is 63.6 Å². The Morgan fingerprint density at radius 3 is 2.69 bits per heavy atom. The molecular formula is C11H11BrO4. The van der Waals surface area contributed by atoms with E-state index in [9.17, 15) is 9.59 Å². The molecule has 5 heteroatoms. The van der Waals surface area contributed by atoms with E-state index in [0.29, 0.717) is 10.9 Å². The van der Waals surface area contributed by atoms with Crippen molar-refractivity contribution in [2.75, 3.05) is 0 Å². The number of aromatic carboxylic acids is 1. The quantitative estimate of drug-likeness (QED) is 0.683. The van der Waals surface area contributed by atoms with E-state index in [1.54, 1.807) is 6.07 Å². The molecule has 0 atom stereocenters. The summed E-state index contributed by atoms with van der Waals surface area (Å²) in [5.41, 5.74) is -0.0289. The monoisotopic (exact) mass is 286 g/mol. The number of hydrogen-bond acceptors (Lipinski definition) is 3. The summed E-state index contributed by atoms with van der Waals surface area (Å²) >= 11 is 3.16. The minimum absolute atomic E-state index is 0.0289. The number of carbonyl (C=O) groups excluding carboxylic acids is 1. The third-order valence-electron chi connectivity index (χ3n) is 1.85. The summed E-state index contributed by atoms with van der Waals surface area (Å²) in [5.74, 6) is -1.47. The molecule has 0 heterocycles. The Kier molecular flexibility index (Phi) is 4.49. The number of carboxylic acids is 1. The first-order valence-corrected chi connectivity index (χ1v) is 5.57. The molecule has 0 aliphatic rings. The van der Waals surface area contributed by atoms with Crippen LogP contribution in [0.25, 0.3) is 0 Å².